The van der Waals surface area contributed by atoms with E-state index >= 15 is 0 Å². The van der Waals surface area contributed by atoms with E-state index in [1.165, 1.54) is 36.3 Å². The maximum absolute atomic E-state index is 13.2. The predicted molar refractivity (Wildman–Crippen MR) is 123 cm³/mol. The largest absolute Gasteiger partial charge is 0.486 e. The van der Waals surface area contributed by atoms with Crippen LogP contribution in [0.25, 0.3) is 14.9 Å². The van der Waals surface area contributed by atoms with Crippen molar-refractivity contribution >= 4 is 37.4 Å². The number of aryl methyl sites for hydroxylation is 2. The van der Waals surface area contributed by atoms with E-state index in [4.69, 9.17) is 14.5 Å². The number of hydrogen-bond donors (Lipinski definition) is 1. The molecule has 0 radical (unpaired) electrons. The van der Waals surface area contributed by atoms with Crippen LogP contribution in [0.3, 0.4) is 0 Å². The Kier molecular flexibility index (Phi) is 5.68. The zero-order valence-electron chi connectivity index (χ0n) is 18.2. The minimum atomic E-state index is -4.00. The molecular weight excluding hydrogens is 448 g/mol. The van der Waals surface area contributed by atoms with Crippen molar-refractivity contribution in [3.8, 4) is 11.5 Å². The van der Waals surface area contributed by atoms with Crippen LogP contribution in [-0.2, 0) is 16.6 Å². The van der Waals surface area contributed by atoms with Crippen LogP contribution in [0, 0.1) is 13.8 Å². The molecule has 0 aliphatic carbocycles. The molecule has 2 aliphatic rings. The van der Waals surface area contributed by atoms with E-state index in [2.05, 4.69) is 9.71 Å². The Labute approximate surface area is 191 Å². The van der Waals surface area contributed by atoms with Gasteiger partial charge in [-0.3, -0.25) is 0 Å². The Balaban J connectivity index is 1.51. The lowest BCUT2D eigenvalue weighted by atomic mass is 10.1. The normalized spacial score (nSPS) is 16.9. The summed E-state index contributed by atoms with van der Waals surface area (Å²) in [5.74, 6) is 1.82. The molecule has 0 unspecified atom stereocenters. The van der Waals surface area contributed by atoms with Crippen LogP contribution >= 0.6 is 11.3 Å². The van der Waals surface area contributed by atoms with Gasteiger partial charge < -0.3 is 24.1 Å². The van der Waals surface area contributed by atoms with Crippen molar-refractivity contribution in [1.29, 1.82) is 0 Å². The number of thiophene rings is 1. The number of nitrogens with one attached hydrogen (secondary N) is 1. The molecule has 4 heterocycles. The molecule has 8 nitrogen and oxygen atoms in total. The topological polar surface area (TPSA) is 96.9 Å². The summed E-state index contributed by atoms with van der Waals surface area (Å²) < 4.78 is 41.7. The summed E-state index contributed by atoms with van der Waals surface area (Å²) in [6.07, 6.45) is 3.66. The van der Waals surface area contributed by atoms with Gasteiger partial charge in [-0.05, 0) is 56.6 Å². The summed E-state index contributed by atoms with van der Waals surface area (Å²) in [6.45, 7) is 7.66. The third-order valence-electron chi connectivity index (χ3n) is 6.04. The number of quaternary nitrogens is 1. The lowest BCUT2D eigenvalue weighted by molar-refractivity contribution is -0.919. The first kappa shape index (κ1) is 21.4. The summed E-state index contributed by atoms with van der Waals surface area (Å²) in [6, 6.07) is 4.57. The number of hydrogen-bond acceptors (Lipinski definition) is 7. The van der Waals surface area contributed by atoms with Gasteiger partial charge >= 0.3 is 0 Å². The third kappa shape index (κ3) is 4.14. The van der Waals surface area contributed by atoms with Crippen LogP contribution in [-0.4, -0.2) is 44.7 Å². The third-order valence-corrected chi connectivity index (χ3v) is 8.41. The molecule has 3 aromatic rings. The van der Waals surface area contributed by atoms with Gasteiger partial charge in [0.05, 0.1) is 23.8 Å². The van der Waals surface area contributed by atoms with E-state index in [1.807, 2.05) is 13.8 Å². The Morgan fingerprint density at radius 3 is 2.59 bits per heavy atom. The first-order chi connectivity index (χ1) is 15.4. The second kappa shape index (κ2) is 8.49. The van der Waals surface area contributed by atoms with Crippen LogP contribution in [0.2, 0.25) is 0 Å². The Bertz CT molecular complexity index is 1270. The maximum Gasteiger partial charge on any atom is 0.202 e. The highest BCUT2D eigenvalue weighted by molar-refractivity contribution is 7.94. The van der Waals surface area contributed by atoms with Crippen LogP contribution in [0.15, 0.2) is 23.1 Å². The monoisotopic (exact) mass is 474 g/mol. The number of ether oxygens (including phenoxy) is 2. The maximum atomic E-state index is 13.2. The average molecular weight is 475 g/mol. The fourth-order valence-electron chi connectivity index (χ4n) is 4.22. The van der Waals surface area contributed by atoms with E-state index in [0.717, 1.165) is 28.4 Å². The standard InChI is InChI=1S/C22H25N4O4S2/c1-14-15(2)31-22-20(14)21(23-19(24-22)13-26-8-4-3-5-9-26)25-32(27,28)16-6-7-17-18(12-16)30-11-10-29-17/h6-7,12H,3-5,8-11,13H2,1-2H3/q-1/p+1. The number of sulfonamides is 1. The zero-order chi connectivity index (χ0) is 22.3. The highest BCUT2D eigenvalue weighted by atomic mass is 32.2. The summed E-state index contributed by atoms with van der Waals surface area (Å²) in [5.41, 5.74) is 0.970. The van der Waals surface area contributed by atoms with Gasteiger partial charge in [0, 0.05) is 16.3 Å². The van der Waals surface area contributed by atoms with Crippen molar-refractivity contribution in [2.75, 3.05) is 26.3 Å². The van der Waals surface area contributed by atoms with E-state index in [-0.39, 0.29) is 10.7 Å². The molecule has 10 heteroatoms. The van der Waals surface area contributed by atoms with Gasteiger partial charge in [-0.1, -0.05) is 0 Å². The number of likely N-dealkylation sites (tertiary alicyclic amines) is 1. The van der Waals surface area contributed by atoms with Crippen LogP contribution in [0.4, 0.5) is 5.82 Å². The van der Waals surface area contributed by atoms with Crippen molar-refractivity contribution in [3.63, 3.8) is 0 Å². The summed E-state index contributed by atoms with van der Waals surface area (Å²) in [7, 11) is -4.00. The lowest BCUT2D eigenvalue weighted by Crippen LogP contribution is -3.11. The molecule has 0 atom stereocenters. The van der Waals surface area contributed by atoms with Gasteiger partial charge in [0.2, 0.25) is 10.0 Å². The predicted octanol–water partition coefficient (Wildman–Crippen LogP) is 3.04. The summed E-state index contributed by atoms with van der Waals surface area (Å²) >= 11 is 1.56. The van der Waals surface area contributed by atoms with E-state index in [9.17, 15) is 8.42 Å². The number of fused-ring (bicyclic) bond motifs is 2. The zero-order valence-corrected chi connectivity index (χ0v) is 19.8. The van der Waals surface area contributed by atoms with Gasteiger partial charge in [-0.25, -0.2) is 13.4 Å². The Morgan fingerprint density at radius 1 is 1.06 bits per heavy atom. The summed E-state index contributed by atoms with van der Waals surface area (Å²) in [5, 5.41) is 0.714. The first-order valence-electron chi connectivity index (χ1n) is 10.9. The van der Waals surface area contributed by atoms with Crippen LogP contribution in [0.5, 0.6) is 11.5 Å². The molecule has 0 saturated carbocycles. The van der Waals surface area contributed by atoms with E-state index in [1.54, 1.807) is 17.4 Å². The van der Waals surface area contributed by atoms with Crippen molar-refractivity contribution in [1.82, 2.24) is 9.97 Å². The van der Waals surface area contributed by atoms with E-state index < -0.39 is 10.0 Å². The lowest BCUT2D eigenvalue weighted by Gasteiger charge is -2.25. The van der Waals surface area contributed by atoms with Gasteiger partial charge in [-0.15, -0.1) is 11.3 Å². The number of piperidine rings is 1. The highest BCUT2D eigenvalue weighted by Crippen LogP contribution is 2.40. The van der Waals surface area contributed by atoms with Crippen LogP contribution < -0.4 is 14.4 Å². The molecule has 1 saturated heterocycles. The molecule has 0 bridgehead atoms. The minimum Gasteiger partial charge on any atom is -0.486 e. The van der Waals surface area contributed by atoms with E-state index in [0.29, 0.717) is 42.5 Å². The molecule has 1 fully saturated rings. The number of aromatic nitrogens is 2. The van der Waals surface area contributed by atoms with Gasteiger partial charge in [0.15, 0.2) is 11.5 Å². The molecule has 0 amide bonds. The van der Waals surface area contributed by atoms with Gasteiger partial charge in [0.25, 0.3) is 0 Å². The molecule has 32 heavy (non-hydrogen) atoms. The quantitative estimate of drug-likeness (QED) is 0.611. The minimum absolute atomic E-state index is 0.0568. The number of rotatable bonds is 5. The van der Waals surface area contributed by atoms with Crippen molar-refractivity contribution in [2.24, 2.45) is 0 Å². The second-order valence-corrected chi connectivity index (χ2v) is 11.1. The molecular formula is C22H26N4O4S2. The number of benzene rings is 1. The van der Waals surface area contributed by atoms with Crippen LogP contribution in [0.1, 0.15) is 35.5 Å². The van der Waals surface area contributed by atoms with Crippen molar-refractivity contribution in [3.05, 3.63) is 39.2 Å². The van der Waals surface area contributed by atoms with Crippen molar-refractivity contribution in [2.45, 2.75) is 44.6 Å². The molecule has 1 N–H and O–H groups in total. The van der Waals surface area contributed by atoms with Gasteiger partial charge in [-0.2, -0.15) is 0 Å². The van der Waals surface area contributed by atoms with Crippen molar-refractivity contribution < 1.29 is 22.8 Å². The highest BCUT2D eigenvalue weighted by Gasteiger charge is 2.20. The summed E-state index contributed by atoms with van der Waals surface area (Å²) in [4.78, 5) is 12.8. The van der Waals surface area contributed by atoms with Gasteiger partial charge in [0.1, 0.15) is 24.6 Å². The first-order valence-corrected chi connectivity index (χ1v) is 13.1. The Hall–Kier alpha value is -2.43. The molecule has 170 valence electrons. The number of nitrogens with zero attached hydrogens (tertiary/aromatic N) is 3. The average Bonchev–Trinajstić information content (AvgIpc) is 3.07. The second-order valence-electron chi connectivity index (χ2n) is 8.29. The smallest absolute Gasteiger partial charge is 0.202 e. The molecule has 2 aromatic heterocycles. The molecule has 0 spiro atoms. The molecule has 2 aliphatic heterocycles. The SMILES string of the molecule is Cc1sc2nc(C[NH+]3CCCCC3)nc([N-]S(=O)(=O)c3ccc4c(c3)OCCO4)c2c1C. The molecule has 5 rings (SSSR count). The molecule has 1 aromatic carbocycles. The fraction of sp³-hybridized carbons (Fsp3) is 0.455. The Morgan fingerprint density at radius 2 is 1.81 bits per heavy atom. The fourth-order valence-corrected chi connectivity index (χ4v) is 6.22.